The summed E-state index contributed by atoms with van der Waals surface area (Å²) in [5.41, 5.74) is -0.0412. The lowest BCUT2D eigenvalue weighted by Crippen LogP contribution is -2.12. The number of nitrogens with one attached hydrogen (secondary N) is 1. The molecule has 2 N–H and O–H groups in total. The summed E-state index contributed by atoms with van der Waals surface area (Å²) in [6.45, 7) is 3.83. The molecule has 4 nitrogen and oxygen atoms in total. The van der Waals surface area contributed by atoms with Gasteiger partial charge in [-0.1, -0.05) is 37.9 Å². The first-order valence-corrected chi connectivity index (χ1v) is 6.42. The maximum Gasteiger partial charge on any atom is 0.254 e. The van der Waals surface area contributed by atoms with E-state index < -0.39 is 5.44 Å². The Labute approximate surface area is 99.5 Å². The van der Waals surface area contributed by atoms with E-state index in [-0.39, 0.29) is 5.56 Å². The number of unbranched alkanes of at least 4 members (excludes halogenated alkanes) is 2. The molecule has 0 spiro atoms. The van der Waals surface area contributed by atoms with E-state index in [4.69, 9.17) is 0 Å². The summed E-state index contributed by atoms with van der Waals surface area (Å²) >= 11 is 1.21. The van der Waals surface area contributed by atoms with E-state index in [0.29, 0.717) is 10.7 Å². The Hall–Kier alpha value is -0.810. The second-order valence-corrected chi connectivity index (χ2v) is 4.94. The van der Waals surface area contributed by atoms with Crippen molar-refractivity contribution in [3.05, 3.63) is 22.1 Å². The van der Waals surface area contributed by atoms with Crippen LogP contribution in [0.2, 0.25) is 0 Å². The first kappa shape index (κ1) is 13.3. The number of hydrogen-bond acceptors (Lipinski definition) is 4. The van der Waals surface area contributed by atoms with Crippen LogP contribution in [-0.4, -0.2) is 20.5 Å². The zero-order valence-corrected chi connectivity index (χ0v) is 10.5. The van der Waals surface area contributed by atoms with Gasteiger partial charge in [0.15, 0.2) is 5.16 Å². The van der Waals surface area contributed by atoms with Crippen LogP contribution < -0.4 is 5.56 Å². The highest BCUT2D eigenvalue weighted by molar-refractivity contribution is 7.99. The van der Waals surface area contributed by atoms with Gasteiger partial charge in [-0.05, 0) is 13.3 Å². The minimum Gasteiger partial charge on any atom is -0.382 e. The van der Waals surface area contributed by atoms with E-state index in [0.717, 1.165) is 25.7 Å². The monoisotopic (exact) mass is 242 g/mol. The largest absolute Gasteiger partial charge is 0.382 e. The zero-order valence-electron chi connectivity index (χ0n) is 9.69. The SMILES string of the molecule is CCCCCC(O)Sc1ncc(C)c(=O)[nH]1. The van der Waals surface area contributed by atoms with Crippen LogP contribution >= 0.6 is 11.8 Å². The minimum atomic E-state index is -0.489. The molecule has 5 heteroatoms. The molecule has 0 saturated heterocycles. The normalized spacial score (nSPS) is 12.7. The maximum atomic E-state index is 11.3. The fourth-order valence-electron chi connectivity index (χ4n) is 1.26. The van der Waals surface area contributed by atoms with E-state index in [1.807, 2.05) is 0 Å². The molecule has 1 atom stereocenters. The molecule has 1 rings (SSSR count). The molecule has 90 valence electrons. The van der Waals surface area contributed by atoms with Crippen LogP contribution in [0.4, 0.5) is 0 Å². The molecule has 1 aromatic rings. The average molecular weight is 242 g/mol. The first-order valence-electron chi connectivity index (χ1n) is 5.54. The molecular formula is C11H18N2O2S. The Balaban J connectivity index is 2.46. The molecule has 0 aliphatic carbocycles. The van der Waals surface area contributed by atoms with Crippen molar-refractivity contribution in [3.63, 3.8) is 0 Å². The first-order chi connectivity index (χ1) is 7.63. The van der Waals surface area contributed by atoms with Crippen molar-refractivity contribution in [2.24, 2.45) is 0 Å². The Morgan fingerprint density at radius 2 is 2.31 bits per heavy atom. The summed E-state index contributed by atoms with van der Waals surface area (Å²) in [4.78, 5) is 18.0. The molecule has 0 amide bonds. The second-order valence-electron chi connectivity index (χ2n) is 3.77. The summed E-state index contributed by atoms with van der Waals surface area (Å²) in [6.07, 6.45) is 5.52. The zero-order chi connectivity index (χ0) is 12.0. The fraction of sp³-hybridized carbons (Fsp3) is 0.636. The van der Waals surface area contributed by atoms with E-state index in [9.17, 15) is 9.90 Å². The standard InChI is InChI=1S/C11H18N2O2S/c1-3-4-5-6-9(14)16-11-12-7-8(2)10(15)13-11/h7,9,14H,3-6H2,1-2H3,(H,12,13,15). The van der Waals surface area contributed by atoms with Crippen molar-refractivity contribution in [3.8, 4) is 0 Å². The van der Waals surface area contributed by atoms with Gasteiger partial charge >= 0.3 is 0 Å². The molecule has 1 heterocycles. The molecule has 16 heavy (non-hydrogen) atoms. The molecule has 0 fully saturated rings. The summed E-state index contributed by atoms with van der Waals surface area (Å²) in [6, 6.07) is 0. The van der Waals surface area contributed by atoms with E-state index in [2.05, 4.69) is 16.9 Å². The van der Waals surface area contributed by atoms with Gasteiger partial charge in [-0.15, -0.1) is 0 Å². The molecule has 1 unspecified atom stereocenters. The molecule has 0 radical (unpaired) electrons. The third-order valence-electron chi connectivity index (χ3n) is 2.26. The highest BCUT2D eigenvalue weighted by Gasteiger charge is 2.08. The van der Waals surface area contributed by atoms with Crippen LogP contribution in [0.3, 0.4) is 0 Å². The van der Waals surface area contributed by atoms with Crippen LogP contribution in [0.25, 0.3) is 0 Å². The number of nitrogens with zero attached hydrogens (tertiary/aromatic N) is 1. The third kappa shape index (κ3) is 4.37. The number of aromatic nitrogens is 2. The Bertz CT molecular complexity index is 378. The van der Waals surface area contributed by atoms with Crippen molar-refractivity contribution in [2.45, 2.75) is 50.1 Å². The number of aliphatic hydroxyl groups excluding tert-OH is 1. The third-order valence-corrected chi connectivity index (χ3v) is 3.19. The molecular weight excluding hydrogens is 224 g/mol. The highest BCUT2D eigenvalue weighted by Crippen LogP contribution is 2.20. The van der Waals surface area contributed by atoms with Crippen LogP contribution in [0, 0.1) is 6.92 Å². The van der Waals surface area contributed by atoms with Crippen LogP contribution in [0.5, 0.6) is 0 Å². The number of rotatable bonds is 6. The number of aryl methyl sites for hydroxylation is 1. The number of H-pyrrole nitrogens is 1. The van der Waals surface area contributed by atoms with Gasteiger partial charge in [0.05, 0.1) is 0 Å². The van der Waals surface area contributed by atoms with Crippen LogP contribution in [0.1, 0.15) is 38.2 Å². The number of aromatic amines is 1. The Morgan fingerprint density at radius 3 is 2.94 bits per heavy atom. The van der Waals surface area contributed by atoms with E-state index in [1.165, 1.54) is 18.0 Å². The summed E-state index contributed by atoms with van der Waals surface area (Å²) in [5, 5.41) is 10.2. The smallest absolute Gasteiger partial charge is 0.254 e. The lowest BCUT2D eigenvalue weighted by molar-refractivity contribution is 0.247. The summed E-state index contributed by atoms with van der Waals surface area (Å²) in [7, 11) is 0. The topological polar surface area (TPSA) is 66.0 Å². The maximum absolute atomic E-state index is 11.3. The Morgan fingerprint density at radius 1 is 1.56 bits per heavy atom. The number of thioether (sulfide) groups is 1. The Kier molecular flexibility index (Phi) is 5.55. The predicted octanol–water partition coefficient (Wildman–Crippen LogP) is 2.07. The van der Waals surface area contributed by atoms with Gasteiger partial charge in [0.1, 0.15) is 5.44 Å². The molecule has 0 saturated carbocycles. The van der Waals surface area contributed by atoms with Crippen molar-refractivity contribution >= 4 is 11.8 Å². The van der Waals surface area contributed by atoms with Crippen molar-refractivity contribution in [2.75, 3.05) is 0 Å². The highest BCUT2D eigenvalue weighted by atomic mass is 32.2. The minimum absolute atomic E-state index is 0.141. The number of hydrogen-bond donors (Lipinski definition) is 2. The van der Waals surface area contributed by atoms with E-state index in [1.54, 1.807) is 6.92 Å². The van der Waals surface area contributed by atoms with Gasteiger partial charge in [0.2, 0.25) is 0 Å². The van der Waals surface area contributed by atoms with Gasteiger partial charge in [-0.25, -0.2) is 4.98 Å². The molecule has 0 aliphatic rings. The lowest BCUT2D eigenvalue weighted by atomic mass is 10.2. The lowest BCUT2D eigenvalue weighted by Gasteiger charge is -2.08. The van der Waals surface area contributed by atoms with Gasteiger partial charge in [-0.3, -0.25) is 4.79 Å². The predicted molar refractivity (Wildman–Crippen MR) is 65.6 cm³/mol. The second kappa shape index (κ2) is 6.70. The fourth-order valence-corrected chi connectivity index (χ4v) is 2.07. The van der Waals surface area contributed by atoms with Gasteiger partial charge < -0.3 is 10.1 Å². The number of aliphatic hydroxyl groups is 1. The summed E-state index contributed by atoms with van der Waals surface area (Å²) < 4.78 is 0. The average Bonchev–Trinajstić information content (AvgIpc) is 2.24. The van der Waals surface area contributed by atoms with Gasteiger partial charge in [0, 0.05) is 11.8 Å². The molecule has 0 bridgehead atoms. The van der Waals surface area contributed by atoms with Crippen LogP contribution in [-0.2, 0) is 0 Å². The van der Waals surface area contributed by atoms with Crippen molar-refractivity contribution in [1.82, 2.24) is 9.97 Å². The van der Waals surface area contributed by atoms with E-state index >= 15 is 0 Å². The quantitative estimate of drug-likeness (QED) is 0.347. The van der Waals surface area contributed by atoms with Gasteiger partial charge in [0.25, 0.3) is 5.56 Å². The van der Waals surface area contributed by atoms with Crippen LogP contribution in [0.15, 0.2) is 16.1 Å². The molecule has 0 aromatic carbocycles. The molecule has 1 aromatic heterocycles. The van der Waals surface area contributed by atoms with Crippen molar-refractivity contribution in [1.29, 1.82) is 0 Å². The van der Waals surface area contributed by atoms with Crippen molar-refractivity contribution < 1.29 is 5.11 Å². The van der Waals surface area contributed by atoms with Gasteiger partial charge in [-0.2, -0.15) is 0 Å². The molecule has 0 aliphatic heterocycles. The summed E-state index contributed by atoms with van der Waals surface area (Å²) in [5.74, 6) is 0.